The SMILES string of the molecule is CC[C@@]12C=CCN(C)C(=O)[C@@H]1[C@H]1C(=O)N([C@@H](CO)CC(C)C)C3C(=O)N(c4ccc(OC)cc4)CC=C[C@@]31O2. The predicted molar refractivity (Wildman–Crippen MR) is 146 cm³/mol. The highest BCUT2D eigenvalue weighted by molar-refractivity contribution is 6.06. The maximum absolute atomic E-state index is 14.6. The molecule has 39 heavy (non-hydrogen) atoms. The molecule has 4 aliphatic rings. The van der Waals surface area contributed by atoms with Crippen LogP contribution in [0.4, 0.5) is 5.69 Å². The quantitative estimate of drug-likeness (QED) is 0.537. The van der Waals surface area contributed by atoms with Crippen LogP contribution in [0.25, 0.3) is 0 Å². The molecule has 4 heterocycles. The standard InChI is InChI=1S/C30H39N3O6/c1-6-29-13-7-15-31(4)26(35)23(29)24-27(36)33(21(18-34)17-19(2)3)25-28(37)32(16-8-14-30(24,25)39-29)20-9-11-22(38-5)12-10-20/h7-14,19,21,23-25,34H,6,15-18H2,1-5H3/t21-,23+,24+,25?,29-,30+/m1/s1. The van der Waals surface area contributed by atoms with Gasteiger partial charge in [-0.25, -0.2) is 0 Å². The molecule has 0 radical (unpaired) electrons. The van der Waals surface area contributed by atoms with E-state index in [0.717, 1.165) is 0 Å². The topological polar surface area (TPSA) is 99.6 Å². The molecule has 0 aliphatic carbocycles. The Morgan fingerprint density at radius 3 is 2.33 bits per heavy atom. The number of amides is 3. The van der Waals surface area contributed by atoms with E-state index in [9.17, 15) is 19.5 Å². The molecule has 6 atom stereocenters. The van der Waals surface area contributed by atoms with E-state index in [0.29, 0.717) is 30.8 Å². The zero-order valence-corrected chi connectivity index (χ0v) is 23.4. The lowest BCUT2D eigenvalue weighted by Gasteiger charge is -2.41. The van der Waals surface area contributed by atoms with Gasteiger partial charge in [-0.3, -0.25) is 14.4 Å². The second-order valence-corrected chi connectivity index (χ2v) is 11.5. The molecule has 1 N–H and O–H groups in total. The molecular weight excluding hydrogens is 498 g/mol. The number of hydrogen-bond donors (Lipinski definition) is 1. The molecule has 5 rings (SSSR count). The van der Waals surface area contributed by atoms with Gasteiger partial charge in [0.15, 0.2) is 0 Å². The number of ether oxygens (including phenoxy) is 2. The molecule has 9 nitrogen and oxygen atoms in total. The van der Waals surface area contributed by atoms with Crippen molar-refractivity contribution in [2.45, 2.75) is 56.9 Å². The Morgan fingerprint density at radius 2 is 1.72 bits per heavy atom. The predicted octanol–water partition coefficient (Wildman–Crippen LogP) is 2.39. The maximum atomic E-state index is 14.6. The molecule has 9 heteroatoms. The molecule has 2 saturated heterocycles. The molecule has 0 aromatic heterocycles. The van der Waals surface area contributed by atoms with E-state index >= 15 is 0 Å². The third-order valence-corrected chi connectivity index (χ3v) is 8.81. The van der Waals surface area contributed by atoms with Gasteiger partial charge >= 0.3 is 0 Å². The Morgan fingerprint density at radius 1 is 1.03 bits per heavy atom. The first-order valence-corrected chi connectivity index (χ1v) is 13.8. The van der Waals surface area contributed by atoms with E-state index in [4.69, 9.17) is 9.47 Å². The van der Waals surface area contributed by atoms with Crippen LogP contribution in [0.2, 0.25) is 0 Å². The number of fused-ring (bicyclic) bond motifs is 2. The number of rotatable bonds is 7. The lowest BCUT2D eigenvalue weighted by atomic mass is 9.73. The van der Waals surface area contributed by atoms with Gasteiger partial charge in [-0.1, -0.05) is 45.1 Å². The molecule has 210 valence electrons. The molecule has 1 spiro atoms. The smallest absolute Gasteiger partial charge is 0.253 e. The summed E-state index contributed by atoms with van der Waals surface area (Å²) < 4.78 is 12.2. The molecule has 0 saturated carbocycles. The zero-order chi connectivity index (χ0) is 28.1. The molecule has 4 aliphatic heterocycles. The minimum atomic E-state index is -1.35. The van der Waals surface area contributed by atoms with Crippen molar-refractivity contribution in [3.63, 3.8) is 0 Å². The minimum absolute atomic E-state index is 0.167. The maximum Gasteiger partial charge on any atom is 0.253 e. The summed E-state index contributed by atoms with van der Waals surface area (Å²) in [7, 11) is 3.31. The average molecular weight is 538 g/mol. The summed E-state index contributed by atoms with van der Waals surface area (Å²) in [5, 5.41) is 10.5. The van der Waals surface area contributed by atoms with Gasteiger partial charge in [-0.2, -0.15) is 0 Å². The fraction of sp³-hybridized carbons (Fsp3) is 0.567. The first-order chi connectivity index (χ1) is 18.6. The van der Waals surface area contributed by atoms with Gasteiger partial charge < -0.3 is 29.3 Å². The number of aliphatic hydroxyl groups excluding tert-OH is 1. The van der Waals surface area contributed by atoms with Crippen molar-refractivity contribution in [3.8, 4) is 5.75 Å². The first-order valence-electron chi connectivity index (χ1n) is 13.8. The summed E-state index contributed by atoms with van der Waals surface area (Å²) in [6.07, 6.45) is 8.54. The van der Waals surface area contributed by atoms with E-state index in [1.165, 1.54) is 0 Å². The van der Waals surface area contributed by atoms with Gasteiger partial charge in [0.1, 0.15) is 17.4 Å². The third-order valence-electron chi connectivity index (χ3n) is 8.81. The fourth-order valence-corrected chi connectivity index (χ4v) is 7.03. The Labute approximate surface area is 230 Å². The molecule has 1 aromatic carbocycles. The van der Waals surface area contributed by atoms with Crippen molar-refractivity contribution in [1.29, 1.82) is 0 Å². The molecular formula is C30H39N3O6. The summed E-state index contributed by atoms with van der Waals surface area (Å²) in [6, 6.07) is 5.58. The van der Waals surface area contributed by atoms with Crippen LogP contribution in [0, 0.1) is 17.8 Å². The summed E-state index contributed by atoms with van der Waals surface area (Å²) >= 11 is 0. The van der Waals surface area contributed by atoms with Crippen molar-refractivity contribution < 1.29 is 29.0 Å². The lowest BCUT2D eigenvalue weighted by molar-refractivity contribution is -0.152. The highest BCUT2D eigenvalue weighted by Gasteiger charge is 2.75. The molecule has 0 bridgehead atoms. The van der Waals surface area contributed by atoms with E-state index < -0.39 is 35.1 Å². The van der Waals surface area contributed by atoms with Crippen molar-refractivity contribution in [1.82, 2.24) is 9.80 Å². The van der Waals surface area contributed by atoms with E-state index in [2.05, 4.69) is 0 Å². The number of hydrogen-bond acceptors (Lipinski definition) is 6. The van der Waals surface area contributed by atoms with E-state index in [1.54, 1.807) is 41.0 Å². The van der Waals surface area contributed by atoms with Gasteiger partial charge in [-0.05, 0) is 43.0 Å². The summed E-state index contributed by atoms with van der Waals surface area (Å²) in [5.41, 5.74) is -1.70. The number of likely N-dealkylation sites (N-methyl/N-ethyl adjacent to an activating group) is 1. The van der Waals surface area contributed by atoms with Crippen molar-refractivity contribution in [2.75, 3.05) is 38.8 Å². The highest BCUT2D eigenvalue weighted by Crippen LogP contribution is 2.59. The minimum Gasteiger partial charge on any atom is -0.497 e. The largest absolute Gasteiger partial charge is 0.497 e. The Kier molecular flexibility index (Phi) is 7.09. The van der Waals surface area contributed by atoms with E-state index in [1.807, 2.05) is 57.2 Å². The third kappa shape index (κ3) is 4.09. The van der Waals surface area contributed by atoms with Crippen LogP contribution in [0.15, 0.2) is 48.6 Å². The fourth-order valence-electron chi connectivity index (χ4n) is 7.03. The van der Waals surface area contributed by atoms with Gasteiger partial charge in [-0.15, -0.1) is 0 Å². The monoisotopic (exact) mass is 537 g/mol. The van der Waals surface area contributed by atoms with Gasteiger partial charge in [0.2, 0.25) is 11.8 Å². The second-order valence-electron chi connectivity index (χ2n) is 11.5. The number of aliphatic hydroxyl groups is 1. The highest BCUT2D eigenvalue weighted by atomic mass is 16.5. The lowest BCUT2D eigenvalue weighted by Crippen LogP contribution is -2.59. The summed E-state index contributed by atoms with van der Waals surface area (Å²) in [5.74, 6) is -1.61. The van der Waals surface area contributed by atoms with Crippen LogP contribution in [-0.4, -0.2) is 89.8 Å². The summed E-state index contributed by atoms with van der Waals surface area (Å²) in [4.78, 5) is 47.7. The van der Waals surface area contributed by atoms with Gasteiger partial charge in [0.25, 0.3) is 5.91 Å². The van der Waals surface area contributed by atoms with Crippen LogP contribution >= 0.6 is 0 Å². The number of carbonyl (C=O) groups excluding carboxylic acids is 3. The average Bonchev–Trinajstić information content (AvgIpc) is 3.23. The van der Waals surface area contributed by atoms with Crippen molar-refractivity contribution >= 4 is 23.4 Å². The second kappa shape index (κ2) is 10.1. The Bertz CT molecular complexity index is 1200. The number of carbonyl (C=O) groups is 3. The molecule has 3 amide bonds. The van der Waals surface area contributed by atoms with Crippen LogP contribution in [0.3, 0.4) is 0 Å². The van der Waals surface area contributed by atoms with Crippen LogP contribution < -0.4 is 9.64 Å². The number of benzene rings is 1. The van der Waals surface area contributed by atoms with Crippen LogP contribution in [0.1, 0.15) is 33.6 Å². The van der Waals surface area contributed by atoms with Gasteiger partial charge in [0, 0.05) is 25.8 Å². The molecule has 2 fully saturated rings. The van der Waals surface area contributed by atoms with Crippen LogP contribution in [0.5, 0.6) is 5.75 Å². The number of anilines is 1. The first kappa shape index (κ1) is 27.4. The zero-order valence-electron chi connectivity index (χ0n) is 23.4. The van der Waals surface area contributed by atoms with E-state index in [-0.39, 0.29) is 36.8 Å². The van der Waals surface area contributed by atoms with Crippen molar-refractivity contribution in [2.24, 2.45) is 17.8 Å². The number of methoxy groups -OCH3 is 1. The Balaban J connectivity index is 1.68. The van der Waals surface area contributed by atoms with Gasteiger partial charge in [0.05, 0.1) is 37.2 Å². The Hall–Kier alpha value is -3.17. The normalized spacial score (nSPS) is 32.7. The van der Waals surface area contributed by atoms with Crippen molar-refractivity contribution in [3.05, 3.63) is 48.6 Å². The number of likely N-dealkylation sites (tertiary alicyclic amines) is 1. The molecule has 1 aromatic rings. The molecule has 1 unspecified atom stereocenters. The summed E-state index contributed by atoms with van der Waals surface area (Å²) in [6.45, 7) is 6.40. The number of nitrogens with zero attached hydrogens (tertiary/aromatic N) is 3. The van der Waals surface area contributed by atoms with Crippen LogP contribution in [-0.2, 0) is 19.1 Å².